The van der Waals surface area contributed by atoms with Gasteiger partial charge >= 0.3 is 0 Å². The van der Waals surface area contributed by atoms with E-state index in [1.54, 1.807) is 6.21 Å². The van der Waals surface area contributed by atoms with Gasteiger partial charge in [-0.2, -0.15) is 5.10 Å². The van der Waals surface area contributed by atoms with E-state index in [0.717, 1.165) is 28.2 Å². The largest absolute Gasteiger partial charge is 0.467 e. The average molecular weight is 376 g/mol. The summed E-state index contributed by atoms with van der Waals surface area (Å²) < 4.78 is 10.8. The van der Waals surface area contributed by atoms with Gasteiger partial charge in [-0.1, -0.05) is 42.1 Å². The molecule has 0 fully saturated rings. The second-order valence-corrected chi connectivity index (χ2v) is 6.63. The maximum atomic E-state index is 6.00. The van der Waals surface area contributed by atoms with Gasteiger partial charge in [0.25, 0.3) is 0 Å². The van der Waals surface area contributed by atoms with Crippen LogP contribution in [0.2, 0.25) is 0 Å². The van der Waals surface area contributed by atoms with Gasteiger partial charge in [-0.25, -0.2) is 0 Å². The third-order valence-corrected chi connectivity index (χ3v) is 4.69. The topological polar surface area (TPSA) is 69.2 Å². The molecule has 0 spiro atoms. The van der Waals surface area contributed by atoms with Crippen LogP contribution >= 0.6 is 23.4 Å². The minimum Gasteiger partial charge on any atom is -0.467 e. The van der Waals surface area contributed by atoms with Gasteiger partial charge in [0.15, 0.2) is 12.0 Å². The van der Waals surface area contributed by atoms with Crippen LogP contribution in [-0.4, -0.2) is 18.2 Å². The fourth-order valence-corrected chi connectivity index (χ4v) is 3.22. The summed E-state index contributed by atoms with van der Waals surface area (Å²) in [6.07, 6.45) is 1.65. The van der Waals surface area contributed by atoms with Crippen molar-refractivity contribution in [1.29, 1.82) is 0 Å². The first-order valence-corrected chi connectivity index (χ1v) is 9.24. The highest BCUT2D eigenvalue weighted by Gasteiger charge is 2.15. The van der Waals surface area contributed by atoms with Crippen LogP contribution in [0.5, 0.6) is 5.75 Å². The minimum absolute atomic E-state index is 0.254. The lowest BCUT2D eigenvalue weighted by Gasteiger charge is -2.20. The van der Waals surface area contributed by atoms with Crippen LogP contribution in [-0.2, 0) is 23.0 Å². The lowest BCUT2D eigenvalue weighted by atomic mass is 10.1. The molecule has 0 aromatic heterocycles. The summed E-state index contributed by atoms with van der Waals surface area (Å²) in [5, 5.41) is 8.52. The number of alkyl halides is 1. The zero-order valence-electron chi connectivity index (χ0n) is 13.5. The number of hydrogen-bond acceptors (Lipinski definition) is 5. The summed E-state index contributed by atoms with van der Waals surface area (Å²) in [5.74, 6) is 1.93. The molecule has 0 unspecified atom stereocenters. The van der Waals surface area contributed by atoms with Crippen LogP contribution in [0.4, 0.5) is 0 Å². The Morgan fingerprint density at radius 1 is 1.28 bits per heavy atom. The van der Waals surface area contributed by atoms with Gasteiger partial charge in [0, 0.05) is 16.9 Å². The molecule has 1 aliphatic rings. The summed E-state index contributed by atoms with van der Waals surface area (Å²) >= 11 is 7.45. The quantitative estimate of drug-likeness (QED) is 0.372. The van der Waals surface area contributed by atoms with Crippen LogP contribution in [0, 0.1) is 0 Å². The zero-order valence-corrected chi connectivity index (χ0v) is 15.1. The molecule has 0 saturated carbocycles. The molecule has 2 aromatic carbocycles. The van der Waals surface area contributed by atoms with E-state index in [1.807, 2.05) is 30.3 Å². The highest BCUT2D eigenvalue weighted by Crippen LogP contribution is 2.30. The first-order valence-electron chi connectivity index (χ1n) is 7.72. The van der Waals surface area contributed by atoms with E-state index in [-0.39, 0.29) is 6.79 Å². The van der Waals surface area contributed by atoms with Crippen LogP contribution in [0.25, 0.3) is 0 Å². The summed E-state index contributed by atoms with van der Waals surface area (Å²) in [7, 11) is 0. The van der Waals surface area contributed by atoms with E-state index in [1.165, 1.54) is 17.3 Å². The molecule has 130 valence electrons. The normalized spacial score (nSPS) is 14.4. The van der Waals surface area contributed by atoms with E-state index in [2.05, 4.69) is 22.3 Å². The third kappa shape index (κ3) is 4.98. The van der Waals surface area contributed by atoms with Crippen molar-refractivity contribution >= 4 is 34.7 Å². The Balaban J connectivity index is 1.65. The first-order chi connectivity index (χ1) is 12.3. The molecule has 7 heteroatoms. The molecule has 25 heavy (non-hydrogen) atoms. The van der Waals surface area contributed by atoms with Gasteiger partial charge < -0.3 is 15.2 Å². The molecule has 0 amide bonds. The number of amidine groups is 1. The van der Waals surface area contributed by atoms with Gasteiger partial charge in [-0.15, -0.1) is 16.7 Å². The number of ether oxygens (including phenoxy) is 2. The maximum absolute atomic E-state index is 6.00. The van der Waals surface area contributed by atoms with Crippen LogP contribution in [0.3, 0.4) is 0 Å². The molecule has 0 atom stereocenters. The summed E-state index contributed by atoms with van der Waals surface area (Å²) in [6.45, 7) is 0.753. The average Bonchev–Trinajstić information content (AvgIpc) is 2.66. The van der Waals surface area contributed by atoms with Crippen LogP contribution in [0.15, 0.2) is 52.7 Å². The molecule has 0 aliphatic carbocycles. The van der Waals surface area contributed by atoms with Gasteiger partial charge in [0.1, 0.15) is 5.75 Å². The molecule has 2 aromatic rings. The Morgan fingerprint density at radius 3 is 2.92 bits per heavy atom. The number of halogens is 1. The lowest BCUT2D eigenvalue weighted by Crippen LogP contribution is -2.13. The van der Waals surface area contributed by atoms with Gasteiger partial charge in [-0.05, 0) is 23.3 Å². The molecule has 2 N–H and O–H groups in total. The monoisotopic (exact) mass is 375 g/mol. The van der Waals surface area contributed by atoms with Crippen LogP contribution in [0.1, 0.15) is 22.3 Å². The van der Waals surface area contributed by atoms with Crippen molar-refractivity contribution in [3.8, 4) is 5.75 Å². The molecule has 0 saturated heterocycles. The number of fused-ring (bicyclic) bond motifs is 1. The molecule has 0 radical (unpaired) electrons. The zero-order chi connectivity index (χ0) is 17.5. The van der Waals surface area contributed by atoms with E-state index in [9.17, 15) is 0 Å². The van der Waals surface area contributed by atoms with Crippen molar-refractivity contribution in [1.82, 2.24) is 0 Å². The highest BCUT2D eigenvalue weighted by molar-refractivity contribution is 8.13. The van der Waals surface area contributed by atoms with Gasteiger partial charge in [0.2, 0.25) is 0 Å². The van der Waals surface area contributed by atoms with Crippen molar-refractivity contribution in [3.05, 3.63) is 64.7 Å². The van der Waals surface area contributed by atoms with E-state index >= 15 is 0 Å². The number of thioether (sulfide) groups is 1. The summed E-state index contributed by atoms with van der Waals surface area (Å²) in [4.78, 5) is 0. The van der Waals surface area contributed by atoms with Gasteiger partial charge in [-0.3, -0.25) is 0 Å². The maximum Gasteiger partial charge on any atom is 0.189 e. The second kappa shape index (κ2) is 8.89. The summed E-state index contributed by atoms with van der Waals surface area (Å²) in [5.41, 5.74) is 9.84. The predicted molar refractivity (Wildman–Crippen MR) is 103 cm³/mol. The van der Waals surface area contributed by atoms with Crippen molar-refractivity contribution in [2.45, 2.75) is 18.2 Å². The molecule has 1 heterocycles. The molecular formula is C18H18ClN3O2S. The molecule has 1 aliphatic heterocycles. The lowest BCUT2D eigenvalue weighted by molar-refractivity contribution is -0.0169. The molecular weight excluding hydrogens is 358 g/mol. The number of hydrogen-bond donors (Lipinski definition) is 1. The Hall–Kier alpha value is -2.02. The molecule has 0 bridgehead atoms. The van der Waals surface area contributed by atoms with Crippen LogP contribution < -0.4 is 10.5 Å². The number of benzene rings is 2. The standard InChI is InChI=1S/C18H18ClN3O2S/c19-8-15-6-14(7-16-10-23-12-24-17(15)16)9-21-22-18(20)25-11-13-4-2-1-3-5-13/h1-7,9H,8,10-12H2,(H2,20,22). The van der Waals surface area contributed by atoms with Crippen molar-refractivity contribution < 1.29 is 9.47 Å². The number of nitrogens with two attached hydrogens (primary N) is 1. The van der Waals surface area contributed by atoms with E-state index < -0.39 is 0 Å². The SMILES string of the molecule is NC(=NN=Cc1cc(CCl)c2c(c1)COCO2)SCc1ccccc1. The molecule has 5 nitrogen and oxygen atoms in total. The first kappa shape index (κ1) is 17.8. The Morgan fingerprint density at radius 2 is 2.12 bits per heavy atom. The fourth-order valence-electron chi connectivity index (χ4n) is 2.41. The number of rotatable bonds is 5. The Labute approximate surface area is 155 Å². The van der Waals surface area contributed by atoms with E-state index in [0.29, 0.717) is 17.7 Å². The fraction of sp³-hybridized carbons (Fsp3) is 0.222. The van der Waals surface area contributed by atoms with Gasteiger partial charge in [0.05, 0.1) is 18.7 Å². The summed E-state index contributed by atoms with van der Waals surface area (Å²) in [6, 6.07) is 14.0. The smallest absolute Gasteiger partial charge is 0.189 e. The van der Waals surface area contributed by atoms with E-state index in [4.69, 9.17) is 26.8 Å². The second-order valence-electron chi connectivity index (χ2n) is 5.37. The van der Waals surface area contributed by atoms with Crippen molar-refractivity contribution in [2.75, 3.05) is 6.79 Å². The predicted octanol–water partition coefficient (Wildman–Crippen LogP) is 3.87. The minimum atomic E-state index is 0.254. The van der Waals surface area contributed by atoms with Crippen molar-refractivity contribution in [3.63, 3.8) is 0 Å². The van der Waals surface area contributed by atoms with Crippen molar-refractivity contribution in [2.24, 2.45) is 15.9 Å². The number of nitrogens with zero attached hydrogens (tertiary/aromatic N) is 2. The Kier molecular flexibility index (Phi) is 6.33. The highest BCUT2D eigenvalue weighted by atomic mass is 35.5. The third-order valence-electron chi connectivity index (χ3n) is 3.55. The molecule has 3 rings (SSSR count). The Bertz CT molecular complexity index is 764.